The van der Waals surface area contributed by atoms with Gasteiger partial charge in [0.25, 0.3) is 10.0 Å². The number of aromatic nitrogens is 1. The van der Waals surface area contributed by atoms with E-state index >= 15 is 0 Å². The van der Waals surface area contributed by atoms with Crippen LogP contribution in [-0.2, 0) is 10.0 Å². The van der Waals surface area contributed by atoms with E-state index in [1.807, 2.05) is 0 Å². The lowest BCUT2D eigenvalue weighted by molar-refractivity contribution is 0.509. The number of rotatable bonds is 5. The molecule has 0 bridgehead atoms. The van der Waals surface area contributed by atoms with E-state index in [1.54, 1.807) is 25.1 Å². The summed E-state index contributed by atoms with van der Waals surface area (Å²) in [5, 5.41) is 2.81. The fourth-order valence-electron chi connectivity index (χ4n) is 2.25. The van der Waals surface area contributed by atoms with Crippen LogP contribution < -0.4 is 10.0 Å². The van der Waals surface area contributed by atoms with E-state index in [2.05, 4.69) is 15.0 Å². The zero-order valence-electron chi connectivity index (χ0n) is 13.7. The number of hydrogen-bond donors (Lipinski definition) is 2. The fourth-order valence-corrected chi connectivity index (χ4v) is 3.39. The van der Waals surface area contributed by atoms with Crippen LogP contribution in [0.15, 0.2) is 65.7 Å². The molecule has 0 radical (unpaired) electrons. The first kappa shape index (κ1) is 17.8. The first-order valence-corrected chi connectivity index (χ1v) is 9.09. The van der Waals surface area contributed by atoms with Gasteiger partial charge in [0.05, 0.1) is 16.8 Å². The molecule has 0 fully saturated rings. The van der Waals surface area contributed by atoms with Crippen LogP contribution in [0.25, 0.3) is 0 Å². The minimum Gasteiger partial charge on any atom is -0.340 e. The van der Waals surface area contributed by atoms with Crippen LogP contribution in [0.3, 0.4) is 0 Å². The normalized spacial score (nSPS) is 11.2. The van der Waals surface area contributed by atoms with Gasteiger partial charge in [-0.3, -0.25) is 4.72 Å². The summed E-state index contributed by atoms with van der Waals surface area (Å²) < 4.78 is 53.3. The van der Waals surface area contributed by atoms with Crippen molar-refractivity contribution in [3.05, 3.63) is 78.0 Å². The molecule has 8 heteroatoms. The number of benzene rings is 2. The monoisotopic (exact) mass is 375 g/mol. The summed E-state index contributed by atoms with van der Waals surface area (Å²) in [6.07, 6.45) is 1.33. The molecule has 3 rings (SSSR count). The number of aryl methyl sites for hydroxylation is 1. The number of pyridine rings is 1. The number of hydrogen-bond acceptors (Lipinski definition) is 4. The highest BCUT2D eigenvalue weighted by Crippen LogP contribution is 2.20. The highest BCUT2D eigenvalue weighted by atomic mass is 32.2. The van der Waals surface area contributed by atoms with Crippen molar-refractivity contribution in [3.63, 3.8) is 0 Å². The lowest BCUT2D eigenvalue weighted by atomic mass is 10.2. The second-order valence-corrected chi connectivity index (χ2v) is 7.29. The Balaban J connectivity index is 1.74. The molecule has 5 nitrogen and oxygen atoms in total. The molecular formula is C18H15F2N3O2S. The number of nitrogens with zero attached hydrogens (tertiary/aromatic N) is 1. The number of halogens is 2. The molecule has 2 aromatic carbocycles. The van der Waals surface area contributed by atoms with Gasteiger partial charge in [0.2, 0.25) is 0 Å². The maximum absolute atomic E-state index is 13.2. The molecule has 0 aliphatic carbocycles. The molecule has 1 aromatic heterocycles. The molecule has 0 aliphatic rings. The van der Waals surface area contributed by atoms with Crippen molar-refractivity contribution in [1.82, 2.24) is 4.98 Å². The van der Waals surface area contributed by atoms with Gasteiger partial charge in [-0.2, -0.15) is 0 Å². The summed E-state index contributed by atoms with van der Waals surface area (Å²) in [5.41, 5.74) is 1.43. The summed E-state index contributed by atoms with van der Waals surface area (Å²) in [7, 11) is -3.72. The second-order valence-electron chi connectivity index (χ2n) is 5.61. The molecule has 0 amide bonds. The van der Waals surface area contributed by atoms with Gasteiger partial charge >= 0.3 is 0 Å². The minimum absolute atomic E-state index is 0.154. The molecule has 0 atom stereocenters. The van der Waals surface area contributed by atoms with Gasteiger partial charge in [0.1, 0.15) is 5.82 Å². The largest absolute Gasteiger partial charge is 0.340 e. The number of sulfonamides is 1. The summed E-state index contributed by atoms with van der Waals surface area (Å²) in [5.74, 6) is -1.56. The Hall–Kier alpha value is -3.00. The van der Waals surface area contributed by atoms with Crippen LogP contribution in [0.2, 0.25) is 0 Å². The van der Waals surface area contributed by atoms with E-state index in [9.17, 15) is 17.2 Å². The van der Waals surface area contributed by atoms with Gasteiger partial charge in [-0.1, -0.05) is 12.1 Å². The summed E-state index contributed by atoms with van der Waals surface area (Å²) in [6, 6.07) is 13.0. The Kier molecular flexibility index (Phi) is 4.85. The summed E-state index contributed by atoms with van der Waals surface area (Å²) in [6.45, 7) is 1.80. The van der Waals surface area contributed by atoms with Gasteiger partial charge in [0, 0.05) is 11.8 Å². The van der Waals surface area contributed by atoms with Crippen molar-refractivity contribution in [2.24, 2.45) is 0 Å². The molecule has 0 aliphatic heterocycles. The van der Waals surface area contributed by atoms with Gasteiger partial charge < -0.3 is 5.32 Å². The van der Waals surface area contributed by atoms with Gasteiger partial charge in [-0.15, -0.1) is 0 Å². The standard InChI is InChI=1S/C18H15F2N3O2S/c1-12-3-2-4-15(9-12)26(24,25)23-14-6-8-18(21-11-14)22-13-5-7-16(19)17(20)10-13/h2-11,23H,1H3,(H,21,22). The maximum Gasteiger partial charge on any atom is 0.261 e. The highest BCUT2D eigenvalue weighted by molar-refractivity contribution is 7.92. The first-order chi connectivity index (χ1) is 12.3. The van der Waals surface area contributed by atoms with Crippen molar-refractivity contribution in [1.29, 1.82) is 0 Å². The van der Waals surface area contributed by atoms with Gasteiger partial charge in [0.15, 0.2) is 11.6 Å². The zero-order valence-corrected chi connectivity index (χ0v) is 14.5. The Morgan fingerprint density at radius 2 is 1.69 bits per heavy atom. The summed E-state index contributed by atoms with van der Waals surface area (Å²) in [4.78, 5) is 4.22. The molecule has 0 unspecified atom stereocenters. The Labute approximate surface area is 149 Å². The Morgan fingerprint density at radius 1 is 0.923 bits per heavy atom. The van der Waals surface area contributed by atoms with Crippen LogP contribution in [0.1, 0.15) is 5.56 Å². The quantitative estimate of drug-likeness (QED) is 0.701. The molecule has 0 spiro atoms. The van der Waals surface area contributed by atoms with Crippen LogP contribution in [0.5, 0.6) is 0 Å². The lowest BCUT2D eigenvalue weighted by Crippen LogP contribution is -2.13. The topological polar surface area (TPSA) is 71.1 Å². The maximum atomic E-state index is 13.2. The molecule has 0 saturated carbocycles. The van der Waals surface area contributed by atoms with E-state index in [-0.39, 0.29) is 10.6 Å². The molecule has 3 aromatic rings. The van der Waals surface area contributed by atoms with Crippen molar-refractivity contribution >= 4 is 27.2 Å². The van der Waals surface area contributed by atoms with Gasteiger partial charge in [-0.25, -0.2) is 22.2 Å². The summed E-state index contributed by atoms with van der Waals surface area (Å²) >= 11 is 0. The lowest BCUT2D eigenvalue weighted by Gasteiger charge is -2.10. The molecule has 2 N–H and O–H groups in total. The van der Waals surface area contributed by atoms with E-state index < -0.39 is 21.7 Å². The predicted molar refractivity (Wildman–Crippen MR) is 95.9 cm³/mol. The van der Waals surface area contributed by atoms with Crippen LogP contribution in [0.4, 0.5) is 26.0 Å². The fraction of sp³-hybridized carbons (Fsp3) is 0.0556. The smallest absolute Gasteiger partial charge is 0.261 e. The van der Waals surface area contributed by atoms with E-state index in [0.29, 0.717) is 11.5 Å². The van der Waals surface area contributed by atoms with Crippen molar-refractivity contribution in [3.8, 4) is 0 Å². The van der Waals surface area contributed by atoms with Crippen molar-refractivity contribution in [2.45, 2.75) is 11.8 Å². The first-order valence-electron chi connectivity index (χ1n) is 7.61. The molecule has 134 valence electrons. The average Bonchev–Trinajstić information content (AvgIpc) is 2.60. The van der Waals surface area contributed by atoms with Crippen LogP contribution >= 0.6 is 0 Å². The average molecular weight is 375 g/mol. The third kappa shape index (κ3) is 4.15. The van der Waals surface area contributed by atoms with E-state index in [0.717, 1.165) is 17.7 Å². The third-order valence-electron chi connectivity index (χ3n) is 3.51. The highest BCUT2D eigenvalue weighted by Gasteiger charge is 2.14. The van der Waals surface area contributed by atoms with Crippen LogP contribution in [-0.4, -0.2) is 13.4 Å². The van der Waals surface area contributed by atoms with E-state index in [4.69, 9.17) is 0 Å². The Morgan fingerprint density at radius 3 is 2.35 bits per heavy atom. The Bertz CT molecular complexity index is 1040. The second kappa shape index (κ2) is 7.09. The van der Waals surface area contributed by atoms with E-state index in [1.165, 1.54) is 30.5 Å². The molecule has 1 heterocycles. The number of nitrogens with one attached hydrogen (secondary N) is 2. The van der Waals surface area contributed by atoms with Gasteiger partial charge in [-0.05, 0) is 48.9 Å². The molecular weight excluding hydrogens is 360 g/mol. The van der Waals surface area contributed by atoms with Crippen LogP contribution in [0, 0.1) is 18.6 Å². The molecule has 26 heavy (non-hydrogen) atoms. The molecule has 0 saturated heterocycles. The zero-order chi connectivity index (χ0) is 18.7. The minimum atomic E-state index is -3.72. The SMILES string of the molecule is Cc1cccc(S(=O)(=O)Nc2ccc(Nc3ccc(F)c(F)c3)nc2)c1. The predicted octanol–water partition coefficient (Wildman–Crippen LogP) is 4.21. The third-order valence-corrected chi connectivity index (χ3v) is 4.89. The van der Waals surface area contributed by atoms with Crippen molar-refractivity contribution in [2.75, 3.05) is 10.0 Å². The number of anilines is 3. The van der Waals surface area contributed by atoms with Crippen molar-refractivity contribution < 1.29 is 17.2 Å².